The summed E-state index contributed by atoms with van der Waals surface area (Å²) in [7, 11) is 0. The second-order valence-corrected chi connectivity index (χ2v) is 5.07. The molecular weight excluding hydrogens is 363 g/mol. The summed E-state index contributed by atoms with van der Waals surface area (Å²) in [6, 6.07) is 1.01. The second kappa shape index (κ2) is 11.4. The molecule has 0 saturated heterocycles. The molecule has 0 aliphatic heterocycles. The molecule has 0 spiro atoms. The molecule has 2 N–H and O–H groups in total. The Labute approximate surface area is 141 Å². The van der Waals surface area contributed by atoms with Crippen LogP contribution >= 0.6 is 24.0 Å². The molecule has 5 heteroatoms. The summed E-state index contributed by atoms with van der Waals surface area (Å²) >= 11 is 0. The van der Waals surface area contributed by atoms with Gasteiger partial charge in [-0.25, -0.2) is 0 Å². The van der Waals surface area contributed by atoms with Gasteiger partial charge >= 0.3 is 0 Å². The highest BCUT2D eigenvalue weighted by atomic mass is 127. The molecular formula is C15H31IN4. The van der Waals surface area contributed by atoms with Crippen molar-refractivity contribution < 1.29 is 0 Å². The number of hydrogen-bond acceptors (Lipinski definition) is 2. The van der Waals surface area contributed by atoms with Crippen LogP contribution < -0.4 is 10.6 Å². The topological polar surface area (TPSA) is 39.7 Å². The number of guanidine groups is 1. The van der Waals surface area contributed by atoms with Crippen LogP contribution in [0, 0.1) is 0 Å². The number of likely N-dealkylation sites (N-methyl/N-ethyl adjacent to an activating group) is 1. The zero-order valence-electron chi connectivity index (χ0n) is 13.4. The van der Waals surface area contributed by atoms with Crippen molar-refractivity contribution in [3.63, 3.8) is 0 Å². The lowest BCUT2D eigenvalue weighted by Crippen LogP contribution is -2.43. The minimum Gasteiger partial charge on any atom is -0.357 e. The highest BCUT2D eigenvalue weighted by molar-refractivity contribution is 14.0. The van der Waals surface area contributed by atoms with E-state index < -0.39 is 0 Å². The molecule has 20 heavy (non-hydrogen) atoms. The van der Waals surface area contributed by atoms with Gasteiger partial charge in [0.2, 0.25) is 0 Å². The summed E-state index contributed by atoms with van der Waals surface area (Å²) in [6.45, 7) is 12.7. The molecule has 0 aromatic carbocycles. The molecule has 1 aliphatic rings. The van der Waals surface area contributed by atoms with Crippen molar-refractivity contribution in [1.82, 2.24) is 15.5 Å². The largest absolute Gasteiger partial charge is 0.357 e. The Morgan fingerprint density at radius 1 is 1.25 bits per heavy atom. The molecule has 0 aromatic heterocycles. The van der Waals surface area contributed by atoms with Gasteiger partial charge in [-0.2, -0.15) is 0 Å². The minimum atomic E-state index is 0. The van der Waals surface area contributed by atoms with Crippen LogP contribution in [0.2, 0.25) is 0 Å². The van der Waals surface area contributed by atoms with Gasteiger partial charge in [0.05, 0.1) is 6.54 Å². The molecule has 0 fully saturated rings. The number of hydrogen-bond donors (Lipinski definition) is 2. The molecule has 0 radical (unpaired) electrons. The summed E-state index contributed by atoms with van der Waals surface area (Å²) in [5.41, 5.74) is 0. The van der Waals surface area contributed by atoms with Crippen LogP contribution in [0.1, 0.15) is 40.5 Å². The van der Waals surface area contributed by atoms with Gasteiger partial charge in [0.15, 0.2) is 5.96 Å². The fraction of sp³-hybridized carbons (Fsp3) is 0.800. The lowest BCUT2D eigenvalue weighted by atomic mass is 10.2. The number of halogens is 1. The first-order valence-electron chi connectivity index (χ1n) is 7.65. The van der Waals surface area contributed by atoms with E-state index >= 15 is 0 Å². The lowest BCUT2D eigenvalue weighted by Gasteiger charge is -2.25. The van der Waals surface area contributed by atoms with Gasteiger partial charge < -0.3 is 10.6 Å². The summed E-state index contributed by atoms with van der Waals surface area (Å²) in [5.74, 6) is 0.954. The maximum absolute atomic E-state index is 4.72. The quantitative estimate of drug-likeness (QED) is 0.302. The second-order valence-electron chi connectivity index (χ2n) is 5.07. The van der Waals surface area contributed by atoms with Crippen LogP contribution in [0.25, 0.3) is 0 Å². The van der Waals surface area contributed by atoms with Gasteiger partial charge in [0.25, 0.3) is 0 Å². The number of nitrogens with one attached hydrogen (secondary N) is 2. The van der Waals surface area contributed by atoms with E-state index in [1.165, 1.54) is 0 Å². The summed E-state index contributed by atoms with van der Waals surface area (Å²) in [6.07, 6.45) is 6.69. The van der Waals surface area contributed by atoms with E-state index in [0.29, 0.717) is 12.1 Å². The Kier molecular flexibility index (Phi) is 11.2. The monoisotopic (exact) mass is 394 g/mol. The highest BCUT2D eigenvalue weighted by Crippen LogP contribution is 2.08. The van der Waals surface area contributed by atoms with Crippen molar-refractivity contribution in [3.8, 4) is 0 Å². The van der Waals surface area contributed by atoms with Gasteiger partial charge in [-0.3, -0.25) is 9.89 Å². The van der Waals surface area contributed by atoms with Crippen LogP contribution in [-0.4, -0.2) is 49.1 Å². The van der Waals surface area contributed by atoms with Crippen LogP contribution in [-0.2, 0) is 0 Å². The Balaban J connectivity index is 0.00000361. The van der Waals surface area contributed by atoms with E-state index in [-0.39, 0.29) is 24.0 Å². The van der Waals surface area contributed by atoms with Crippen molar-refractivity contribution in [1.29, 1.82) is 0 Å². The Morgan fingerprint density at radius 2 is 1.85 bits per heavy atom. The van der Waals surface area contributed by atoms with Gasteiger partial charge in [-0.15, -0.1) is 24.0 Å². The Bertz CT molecular complexity index is 292. The van der Waals surface area contributed by atoms with Crippen LogP contribution in [0.15, 0.2) is 17.1 Å². The van der Waals surface area contributed by atoms with E-state index in [9.17, 15) is 0 Å². The smallest absolute Gasteiger partial charge is 0.191 e. The van der Waals surface area contributed by atoms with Crippen LogP contribution in [0.5, 0.6) is 0 Å². The molecule has 1 rings (SSSR count). The fourth-order valence-corrected chi connectivity index (χ4v) is 2.43. The minimum absolute atomic E-state index is 0. The third kappa shape index (κ3) is 6.92. The maximum Gasteiger partial charge on any atom is 0.191 e. The fourth-order valence-electron chi connectivity index (χ4n) is 2.43. The molecule has 118 valence electrons. The number of nitrogens with zero attached hydrogens (tertiary/aromatic N) is 2. The van der Waals surface area contributed by atoms with Gasteiger partial charge in [0.1, 0.15) is 0 Å². The zero-order chi connectivity index (χ0) is 14.1. The number of rotatable bonds is 7. The van der Waals surface area contributed by atoms with E-state index in [0.717, 1.165) is 45.0 Å². The molecule has 0 aromatic rings. The third-order valence-electron chi connectivity index (χ3n) is 3.64. The summed E-state index contributed by atoms with van der Waals surface area (Å²) in [5, 5.41) is 6.84. The van der Waals surface area contributed by atoms with E-state index in [4.69, 9.17) is 4.99 Å². The molecule has 1 aliphatic carbocycles. The van der Waals surface area contributed by atoms with Crippen molar-refractivity contribution in [2.45, 2.75) is 52.6 Å². The summed E-state index contributed by atoms with van der Waals surface area (Å²) < 4.78 is 0. The van der Waals surface area contributed by atoms with Gasteiger partial charge in [-0.05, 0) is 39.8 Å². The molecule has 0 heterocycles. The lowest BCUT2D eigenvalue weighted by molar-refractivity contribution is 0.237. The van der Waals surface area contributed by atoms with Crippen molar-refractivity contribution in [2.75, 3.05) is 26.2 Å². The van der Waals surface area contributed by atoms with Crippen molar-refractivity contribution in [2.24, 2.45) is 4.99 Å². The predicted octanol–water partition coefficient (Wildman–Crippen LogP) is 2.61. The standard InChI is InChI=1S/C15H30N4.HI/c1-5-16-15(18-14-10-8-9-11-14)17-12-13(4)19(6-2)7-3;/h8-9,13-14H,5-7,10-12H2,1-4H3,(H2,16,17,18);1H. The van der Waals surface area contributed by atoms with Crippen molar-refractivity contribution in [3.05, 3.63) is 12.2 Å². The summed E-state index contributed by atoms with van der Waals surface area (Å²) in [4.78, 5) is 7.15. The molecule has 0 bridgehead atoms. The van der Waals surface area contributed by atoms with Gasteiger partial charge in [-0.1, -0.05) is 26.0 Å². The average molecular weight is 394 g/mol. The van der Waals surface area contributed by atoms with Crippen LogP contribution in [0.3, 0.4) is 0 Å². The van der Waals surface area contributed by atoms with Crippen molar-refractivity contribution >= 4 is 29.9 Å². The SMILES string of the molecule is CCNC(=NCC(C)N(CC)CC)NC1CC=CC1.I. The molecule has 4 nitrogen and oxygen atoms in total. The molecule has 0 amide bonds. The molecule has 1 atom stereocenters. The molecule has 1 unspecified atom stereocenters. The first-order chi connectivity index (χ1) is 9.21. The third-order valence-corrected chi connectivity index (χ3v) is 3.64. The zero-order valence-corrected chi connectivity index (χ0v) is 15.7. The number of aliphatic imine (C=N–C) groups is 1. The highest BCUT2D eigenvalue weighted by Gasteiger charge is 2.13. The predicted molar refractivity (Wildman–Crippen MR) is 99.1 cm³/mol. The van der Waals surface area contributed by atoms with Crippen LogP contribution in [0.4, 0.5) is 0 Å². The Morgan fingerprint density at radius 3 is 2.35 bits per heavy atom. The van der Waals surface area contributed by atoms with E-state index in [2.05, 4.69) is 55.4 Å². The Hall–Kier alpha value is -0.300. The molecule has 0 saturated carbocycles. The average Bonchev–Trinajstić information content (AvgIpc) is 2.90. The van der Waals surface area contributed by atoms with E-state index in [1.54, 1.807) is 0 Å². The van der Waals surface area contributed by atoms with Gasteiger partial charge in [0, 0.05) is 18.6 Å². The first kappa shape index (κ1) is 19.7. The maximum atomic E-state index is 4.72. The van der Waals surface area contributed by atoms with E-state index in [1.807, 2.05) is 0 Å². The normalized spacial score (nSPS) is 17.1. The first-order valence-corrected chi connectivity index (χ1v) is 7.65.